The second kappa shape index (κ2) is 8.75. The first kappa shape index (κ1) is 20.4. The molecule has 0 fully saturated rings. The second-order valence-corrected chi connectivity index (χ2v) is 8.06. The summed E-state index contributed by atoms with van der Waals surface area (Å²) < 4.78 is 6.89. The van der Waals surface area contributed by atoms with Crippen LogP contribution in [0.15, 0.2) is 64.3 Å². The highest BCUT2D eigenvalue weighted by atomic mass is 79.9. The van der Waals surface area contributed by atoms with Crippen molar-refractivity contribution in [1.82, 2.24) is 10.6 Å². The molecule has 1 atom stereocenters. The predicted molar refractivity (Wildman–Crippen MR) is 119 cm³/mol. The summed E-state index contributed by atoms with van der Waals surface area (Å²) in [6.07, 6.45) is 0.000245. The highest BCUT2D eigenvalue weighted by molar-refractivity contribution is 9.10. The number of para-hydroxylation sites is 1. The van der Waals surface area contributed by atoms with Gasteiger partial charge >= 0.3 is 0 Å². The molecule has 1 heterocycles. The lowest BCUT2D eigenvalue weighted by Gasteiger charge is -2.31. The Kier molecular flexibility index (Phi) is 6.36. The normalized spacial score (nSPS) is 16.5. The van der Waals surface area contributed by atoms with E-state index < -0.39 is 6.04 Å². The number of carbonyl (C=O) groups is 1. The van der Waals surface area contributed by atoms with E-state index in [0.29, 0.717) is 22.1 Å². The Bertz CT molecular complexity index is 929. The van der Waals surface area contributed by atoms with E-state index in [1.807, 2.05) is 69.3 Å². The standard InChI is InChI=1S/C21H22BrN3O2S/c1-12(2)27-17-10-9-14(22)11-16(17)19-18(13(3)23-21(28)25-19)20(26)24-15-7-5-4-6-8-15/h4-12,19H,1-3H3,(H,24,26)(H2,23,25,28)/t19-/m0/s1. The summed E-state index contributed by atoms with van der Waals surface area (Å²) in [6, 6.07) is 14.7. The molecule has 0 radical (unpaired) electrons. The van der Waals surface area contributed by atoms with Gasteiger partial charge in [-0.15, -0.1) is 0 Å². The largest absolute Gasteiger partial charge is 0.491 e. The molecule has 0 aliphatic carbocycles. The summed E-state index contributed by atoms with van der Waals surface area (Å²) in [4.78, 5) is 13.1. The Morgan fingerprint density at radius 1 is 1.21 bits per heavy atom. The van der Waals surface area contributed by atoms with Crippen LogP contribution in [0.4, 0.5) is 5.69 Å². The third kappa shape index (κ3) is 4.72. The third-order valence-electron chi connectivity index (χ3n) is 4.19. The maximum Gasteiger partial charge on any atom is 0.255 e. The van der Waals surface area contributed by atoms with Crippen LogP contribution in [0.25, 0.3) is 0 Å². The number of hydrogen-bond acceptors (Lipinski definition) is 3. The van der Waals surface area contributed by atoms with Gasteiger partial charge in [-0.2, -0.15) is 0 Å². The van der Waals surface area contributed by atoms with Crippen LogP contribution in [-0.2, 0) is 4.79 Å². The zero-order valence-electron chi connectivity index (χ0n) is 15.9. The van der Waals surface area contributed by atoms with Crippen LogP contribution >= 0.6 is 28.1 Å². The number of anilines is 1. The minimum absolute atomic E-state index is 0.000245. The van der Waals surface area contributed by atoms with Gasteiger partial charge in [-0.25, -0.2) is 0 Å². The molecule has 3 rings (SSSR count). The maximum atomic E-state index is 13.1. The van der Waals surface area contributed by atoms with Gasteiger partial charge in [0.25, 0.3) is 5.91 Å². The van der Waals surface area contributed by atoms with E-state index >= 15 is 0 Å². The number of nitrogens with one attached hydrogen (secondary N) is 3. The Morgan fingerprint density at radius 2 is 1.93 bits per heavy atom. The number of carbonyl (C=O) groups excluding carboxylic acids is 1. The summed E-state index contributed by atoms with van der Waals surface area (Å²) in [7, 11) is 0. The van der Waals surface area contributed by atoms with Gasteiger partial charge in [-0.05, 0) is 63.3 Å². The maximum absolute atomic E-state index is 13.1. The SMILES string of the molecule is CC1=C(C(=O)Nc2ccccc2)[C@H](c2cc(Br)ccc2OC(C)C)NC(=S)N1. The average Bonchev–Trinajstić information content (AvgIpc) is 2.63. The highest BCUT2D eigenvalue weighted by Crippen LogP contribution is 2.36. The van der Waals surface area contributed by atoms with Gasteiger partial charge in [0.2, 0.25) is 0 Å². The topological polar surface area (TPSA) is 62.4 Å². The Hall–Kier alpha value is -2.38. The van der Waals surface area contributed by atoms with Crippen molar-refractivity contribution < 1.29 is 9.53 Å². The lowest BCUT2D eigenvalue weighted by atomic mass is 9.94. The Balaban J connectivity index is 2.03. The van der Waals surface area contributed by atoms with Crippen molar-refractivity contribution in [3.63, 3.8) is 0 Å². The predicted octanol–water partition coefficient (Wildman–Crippen LogP) is 4.67. The van der Waals surface area contributed by atoms with Gasteiger partial charge in [0, 0.05) is 21.4 Å². The fraction of sp³-hybridized carbons (Fsp3) is 0.238. The Morgan fingerprint density at radius 3 is 2.61 bits per heavy atom. The number of amides is 1. The molecule has 1 aliphatic rings. The van der Waals surface area contributed by atoms with Gasteiger partial charge in [0.15, 0.2) is 5.11 Å². The van der Waals surface area contributed by atoms with Crippen LogP contribution in [-0.4, -0.2) is 17.1 Å². The molecular formula is C21H22BrN3O2S. The van der Waals surface area contributed by atoms with Crippen LogP contribution in [0.2, 0.25) is 0 Å². The van der Waals surface area contributed by atoms with Crippen molar-refractivity contribution in [2.24, 2.45) is 0 Å². The van der Waals surface area contributed by atoms with Gasteiger partial charge in [0.1, 0.15) is 5.75 Å². The van der Waals surface area contributed by atoms with Gasteiger partial charge in [-0.3, -0.25) is 4.79 Å². The number of halogens is 1. The lowest BCUT2D eigenvalue weighted by molar-refractivity contribution is -0.113. The van der Waals surface area contributed by atoms with Crippen LogP contribution < -0.4 is 20.7 Å². The van der Waals surface area contributed by atoms with E-state index in [9.17, 15) is 4.79 Å². The summed E-state index contributed by atoms with van der Waals surface area (Å²) in [5.74, 6) is 0.505. The molecule has 146 valence electrons. The average molecular weight is 460 g/mol. The molecule has 0 bridgehead atoms. The van der Waals surface area contributed by atoms with Crippen LogP contribution in [0.5, 0.6) is 5.75 Å². The molecule has 1 aliphatic heterocycles. The van der Waals surface area contributed by atoms with E-state index in [-0.39, 0.29) is 12.0 Å². The Labute approximate surface area is 178 Å². The highest BCUT2D eigenvalue weighted by Gasteiger charge is 2.32. The molecule has 28 heavy (non-hydrogen) atoms. The number of rotatable bonds is 5. The van der Waals surface area contributed by atoms with E-state index in [1.54, 1.807) is 0 Å². The molecule has 0 spiro atoms. The molecule has 5 nitrogen and oxygen atoms in total. The molecule has 0 aromatic heterocycles. The fourth-order valence-corrected chi connectivity index (χ4v) is 3.70. The molecule has 2 aromatic carbocycles. The monoisotopic (exact) mass is 459 g/mol. The van der Waals surface area contributed by atoms with E-state index in [2.05, 4.69) is 31.9 Å². The van der Waals surface area contributed by atoms with E-state index in [0.717, 1.165) is 15.7 Å². The van der Waals surface area contributed by atoms with Crippen molar-refractivity contribution in [2.45, 2.75) is 32.9 Å². The zero-order valence-corrected chi connectivity index (χ0v) is 18.3. The third-order valence-corrected chi connectivity index (χ3v) is 4.90. The van der Waals surface area contributed by atoms with Crippen molar-refractivity contribution in [3.05, 3.63) is 69.8 Å². The number of hydrogen-bond donors (Lipinski definition) is 3. The van der Waals surface area contributed by atoms with E-state index in [1.165, 1.54) is 0 Å². The van der Waals surface area contributed by atoms with Crippen LogP contribution in [0, 0.1) is 0 Å². The van der Waals surface area contributed by atoms with Crippen molar-refractivity contribution in [3.8, 4) is 5.75 Å². The quantitative estimate of drug-likeness (QED) is 0.567. The molecule has 3 N–H and O–H groups in total. The summed E-state index contributed by atoms with van der Waals surface area (Å²) in [5, 5.41) is 9.70. The minimum atomic E-state index is -0.441. The van der Waals surface area contributed by atoms with Crippen molar-refractivity contribution in [1.29, 1.82) is 0 Å². The summed E-state index contributed by atoms with van der Waals surface area (Å²) >= 11 is 8.87. The van der Waals surface area contributed by atoms with Gasteiger partial charge in [-0.1, -0.05) is 34.1 Å². The molecule has 0 unspecified atom stereocenters. The van der Waals surface area contributed by atoms with Crippen LogP contribution in [0.3, 0.4) is 0 Å². The van der Waals surface area contributed by atoms with E-state index in [4.69, 9.17) is 17.0 Å². The first-order chi connectivity index (χ1) is 13.3. The van der Waals surface area contributed by atoms with Gasteiger partial charge in [0.05, 0.1) is 17.7 Å². The summed E-state index contributed by atoms with van der Waals surface area (Å²) in [5.41, 5.74) is 2.83. The molecule has 0 saturated heterocycles. The number of allylic oxidation sites excluding steroid dienone is 1. The smallest absolute Gasteiger partial charge is 0.255 e. The molecule has 7 heteroatoms. The van der Waals surface area contributed by atoms with Gasteiger partial charge < -0.3 is 20.7 Å². The number of ether oxygens (including phenoxy) is 1. The molecular weight excluding hydrogens is 438 g/mol. The first-order valence-corrected chi connectivity index (χ1v) is 10.2. The zero-order chi connectivity index (χ0) is 20.3. The molecule has 2 aromatic rings. The minimum Gasteiger partial charge on any atom is -0.491 e. The molecule has 0 saturated carbocycles. The fourth-order valence-electron chi connectivity index (χ4n) is 3.05. The molecule has 1 amide bonds. The van der Waals surface area contributed by atoms with Crippen molar-refractivity contribution in [2.75, 3.05) is 5.32 Å². The van der Waals surface area contributed by atoms with Crippen LogP contribution in [0.1, 0.15) is 32.4 Å². The number of benzene rings is 2. The lowest BCUT2D eigenvalue weighted by Crippen LogP contribution is -2.46. The summed E-state index contributed by atoms with van der Waals surface area (Å²) in [6.45, 7) is 5.79. The second-order valence-electron chi connectivity index (χ2n) is 6.74. The number of thiocarbonyl (C=S) groups is 1. The van der Waals surface area contributed by atoms with Crippen molar-refractivity contribution >= 4 is 44.9 Å². The first-order valence-electron chi connectivity index (χ1n) is 8.96.